The van der Waals surface area contributed by atoms with Crippen LogP contribution in [0.4, 0.5) is 9.59 Å². The first-order chi connectivity index (χ1) is 49.3. The molecule has 0 spiro atoms. The zero-order valence-electron chi connectivity index (χ0n) is 66.6. The van der Waals surface area contributed by atoms with Crippen LogP contribution in [0.5, 0.6) is 0 Å². The van der Waals surface area contributed by atoms with Crippen LogP contribution < -0.4 is 92.9 Å². The number of unbranched alkanes of at least 4 members (excludes halogenated alkanes) is 4. The minimum absolute atomic E-state index is 0.0252. The van der Waals surface area contributed by atoms with Gasteiger partial charge in [0.15, 0.2) is 0 Å². The van der Waals surface area contributed by atoms with Crippen molar-refractivity contribution in [3.8, 4) is 0 Å². The number of rotatable bonds is 57. The van der Waals surface area contributed by atoms with Gasteiger partial charge in [0.25, 0.3) is 0 Å². The number of hydrogen-bond acceptors (Lipinski definition) is 19. The van der Waals surface area contributed by atoms with E-state index in [0.29, 0.717) is 103 Å². The molecular weight excluding hydrogens is 1350 g/mol. The van der Waals surface area contributed by atoms with Crippen LogP contribution in [0.3, 0.4) is 0 Å². The minimum atomic E-state index is -1.22. The highest BCUT2D eigenvalue weighted by molar-refractivity contribution is 5.97. The van der Waals surface area contributed by atoms with Crippen LogP contribution in [-0.2, 0) is 57.4 Å². The third kappa shape index (κ3) is 45.3. The molecule has 0 rings (SSSR count). The van der Waals surface area contributed by atoms with Gasteiger partial charge in [-0.1, -0.05) is 117 Å². The van der Waals surface area contributed by atoms with Crippen molar-refractivity contribution in [2.75, 3.05) is 39.4 Å². The fraction of sp³-hybridized carbons (Fsp3) is 0.838. The summed E-state index contributed by atoms with van der Waals surface area (Å²) in [6.07, 6.45) is 5.03. The maximum absolute atomic E-state index is 14.6. The van der Waals surface area contributed by atoms with Crippen molar-refractivity contribution < 1.29 is 67.0 Å². The van der Waals surface area contributed by atoms with Crippen molar-refractivity contribution >= 4 is 71.3 Å². The zero-order chi connectivity index (χ0) is 80.1. The topological polar surface area (TPSA) is 512 Å². The van der Waals surface area contributed by atoms with E-state index < -0.39 is 144 Å². The largest absolute Gasteiger partial charge is 0.447 e. The minimum Gasteiger partial charge on any atom is -0.447 e. The molecule has 0 bridgehead atoms. The van der Waals surface area contributed by atoms with E-state index in [-0.39, 0.29) is 112 Å². The Kier molecular flexibility index (Phi) is 51.0. The van der Waals surface area contributed by atoms with Crippen LogP contribution in [0.15, 0.2) is 0 Å². The van der Waals surface area contributed by atoms with Gasteiger partial charge in [-0.05, 0) is 196 Å². The van der Waals surface area contributed by atoms with Crippen molar-refractivity contribution in [2.24, 2.45) is 81.7 Å². The fourth-order valence-electron chi connectivity index (χ4n) is 11.9. The van der Waals surface area contributed by atoms with Gasteiger partial charge in [-0.3, -0.25) is 47.9 Å². The van der Waals surface area contributed by atoms with Crippen LogP contribution in [0.1, 0.15) is 239 Å². The van der Waals surface area contributed by atoms with Gasteiger partial charge in [0, 0.05) is 0 Å². The molecule has 0 aromatic rings. The maximum atomic E-state index is 14.6. The second kappa shape index (κ2) is 54.6. The first-order valence-corrected chi connectivity index (χ1v) is 38.7. The third-order valence-corrected chi connectivity index (χ3v) is 17.1. The average Bonchev–Trinajstić information content (AvgIpc) is 0.878. The van der Waals surface area contributed by atoms with Gasteiger partial charge in [-0.15, -0.1) is 0 Å². The Hall–Kier alpha value is -6.96. The number of nitrogens with one attached hydrogen (secondary N) is 11. The number of nitrogens with two attached hydrogens (primary N) is 6. The number of alkyl carbamates (subject to hydrolysis) is 2. The lowest BCUT2D eigenvalue weighted by atomic mass is 9.98. The quantitative estimate of drug-likeness (QED) is 0.0389. The van der Waals surface area contributed by atoms with E-state index >= 15 is 0 Å². The summed E-state index contributed by atoms with van der Waals surface area (Å²) in [7, 11) is 0. The van der Waals surface area contributed by atoms with Gasteiger partial charge >= 0.3 is 12.2 Å². The SMILES string of the molecule is CC(C)CC(COC(=O)N[C@@H](CCCCN)C(=O)N[C@H](CC(C)C)C(=O)N[C@@H](CC(C)C)C(=O)N[C@@H](CCCCN)C(N)=O)NC(=O)[C@H](CC(C)C)NC(=O)[C@H](CC(C)C)NC(=O)[C@H](CCCCN)NC(=O)[C@@H](CC(C)C)NC(=O)OC[C@@H](CC(C)C)NC(=O)[C@H](CC(C)C)NC(=O)[C@@H](N)CCCCN. The Morgan fingerprint density at radius 1 is 0.257 bits per heavy atom. The first kappa shape index (κ1) is 98.0. The Morgan fingerprint density at radius 2 is 0.467 bits per heavy atom. The van der Waals surface area contributed by atoms with Gasteiger partial charge in [-0.25, -0.2) is 9.59 Å². The summed E-state index contributed by atoms with van der Waals surface area (Å²) in [5.41, 5.74) is 34.7. The molecule has 12 atom stereocenters. The van der Waals surface area contributed by atoms with Gasteiger partial charge in [0.1, 0.15) is 67.6 Å². The fourth-order valence-corrected chi connectivity index (χ4v) is 11.9. The highest BCUT2D eigenvalue weighted by atomic mass is 16.6. The summed E-state index contributed by atoms with van der Waals surface area (Å²) in [5.74, 6) is -6.92. The average molecular weight is 1500 g/mol. The van der Waals surface area contributed by atoms with Crippen LogP contribution in [0, 0.1) is 47.3 Å². The van der Waals surface area contributed by atoms with E-state index in [1.165, 1.54) is 0 Å². The molecule has 1 unspecified atom stereocenters. The summed E-state index contributed by atoms with van der Waals surface area (Å²) < 4.78 is 11.4. The number of primary amides is 1. The molecule has 23 N–H and O–H groups in total. The molecule has 0 aromatic heterocycles. The summed E-state index contributed by atoms with van der Waals surface area (Å²) in [5, 5.41) is 30.8. The smallest absolute Gasteiger partial charge is 0.407 e. The summed E-state index contributed by atoms with van der Waals surface area (Å²) >= 11 is 0. The lowest BCUT2D eigenvalue weighted by Crippen LogP contribution is -2.59. The highest BCUT2D eigenvalue weighted by Crippen LogP contribution is 2.17. The number of amides is 12. The summed E-state index contributed by atoms with van der Waals surface area (Å²) in [6, 6.07) is -12.5. The maximum Gasteiger partial charge on any atom is 0.407 e. The van der Waals surface area contributed by atoms with Gasteiger partial charge < -0.3 is 102 Å². The molecule has 0 saturated carbocycles. The van der Waals surface area contributed by atoms with Gasteiger partial charge in [0.05, 0.1) is 18.1 Å². The highest BCUT2D eigenvalue weighted by Gasteiger charge is 2.36. The van der Waals surface area contributed by atoms with Gasteiger partial charge in [-0.2, -0.15) is 0 Å². The van der Waals surface area contributed by atoms with Crippen molar-refractivity contribution in [3.63, 3.8) is 0 Å². The second-order valence-corrected chi connectivity index (χ2v) is 31.6. The molecule has 0 aromatic carbocycles. The third-order valence-electron chi connectivity index (χ3n) is 17.1. The van der Waals surface area contributed by atoms with E-state index in [9.17, 15) is 57.5 Å². The Morgan fingerprint density at radius 3 is 0.743 bits per heavy atom. The molecule has 0 aliphatic carbocycles. The summed E-state index contributed by atoms with van der Waals surface area (Å²) in [4.78, 5) is 167. The number of ether oxygens (including phenoxy) is 2. The Bertz CT molecular complexity index is 2600. The van der Waals surface area contributed by atoms with E-state index in [0.717, 1.165) is 0 Å². The van der Waals surface area contributed by atoms with Crippen molar-refractivity contribution in [1.82, 2.24) is 58.5 Å². The van der Waals surface area contributed by atoms with Crippen molar-refractivity contribution in [3.05, 3.63) is 0 Å². The molecule has 0 aliphatic rings. The normalized spacial score (nSPS) is 15.1. The van der Waals surface area contributed by atoms with Crippen molar-refractivity contribution in [1.29, 1.82) is 0 Å². The molecule has 0 radical (unpaired) electrons. The Balaban J connectivity index is 6.72. The monoisotopic (exact) mass is 1490 g/mol. The molecule has 105 heavy (non-hydrogen) atoms. The molecule has 12 amide bonds. The molecule has 0 saturated heterocycles. The molecule has 608 valence electrons. The molecular formula is C74H143N17O14. The second-order valence-electron chi connectivity index (χ2n) is 31.6. The van der Waals surface area contributed by atoms with E-state index in [2.05, 4.69) is 58.5 Å². The molecule has 0 heterocycles. The van der Waals surface area contributed by atoms with Crippen LogP contribution in [0.25, 0.3) is 0 Å². The van der Waals surface area contributed by atoms with Gasteiger partial charge in [0.2, 0.25) is 59.1 Å². The molecule has 31 heteroatoms. The van der Waals surface area contributed by atoms with Crippen LogP contribution in [0.2, 0.25) is 0 Å². The van der Waals surface area contributed by atoms with E-state index in [1.54, 1.807) is 0 Å². The van der Waals surface area contributed by atoms with E-state index in [1.807, 2.05) is 111 Å². The standard InChI is InChI=1S/C74H143N17O14/c1-43(2)33-51(41-104-73(102)90-56(28-20-24-32-78)66(95)87-61(39-49(13)14)71(100)89-59(37-47(9)10)69(98)83-54(63(80)92)26-18-22-30-76)82-68(97)58(36-46(7)8)88-70(99)60(38-48(11)12)86-65(94)55(27-19-23-31-77)84-72(101)62(40-50(15)16)91-74(103)105-42-52(34-44(3)4)81-67(96)57(35-45(5)6)85-64(93)53(79)25-17-21-29-75/h43-62H,17-42,75-79H2,1-16H3,(H2,80,92)(H,81,96)(H,82,97)(H,83,98)(H,84,101)(H,85,93)(H,86,94)(H,87,95)(H,88,99)(H,89,100)(H,90,102)(H,91,103)/t51?,52-,53+,54+,55+,56+,57+,58+,59+,60+,61-,62-/m1/s1. The lowest BCUT2D eigenvalue weighted by molar-refractivity contribution is -0.134. The predicted molar refractivity (Wildman–Crippen MR) is 408 cm³/mol. The van der Waals surface area contributed by atoms with Crippen LogP contribution >= 0.6 is 0 Å². The first-order valence-electron chi connectivity index (χ1n) is 38.7. The summed E-state index contributed by atoms with van der Waals surface area (Å²) in [6.45, 7) is 30.9. The lowest BCUT2D eigenvalue weighted by Gasteiger charge is -2.29. The van der Waals surface area contributed by atoms with E-state index in [4.69, 9.17) is 43.9 Å². The van der Waals surface area contributed by atoms with Crippen molar-refractivity contribution in [2.45, 2.75) is 312 Å². The molecule has 0 fully saturated rings. The molecule has 0 aliphatic heterocycles. The molecule has 31 nitrogen and oxygen atoms in total. The number of carbonyl (C=O) groups excluding carboxylic acids is 12. The number of carbonyl (C=O) groups is 12. The zero-order valence-corrected chi connectivity index (χ0v) is 66.6. The predicted octanol–water partition coefficient (Wildman–Crippen LogP) is 3.24. The number of hydrogen-bond donors (Lipinski definition) is 17. The van der Waals surface area contributed by atoms with Crippen LogP contribution in [-0.4, -0.2) is 183 Å². The Labute approximate surface area is 627 Å².